The maximum atomic E-state index is 12.8. The van der Waals surface area contributed by atoms with Crippen molar-refractivity contribution in [3.05, 3.63) is 99.2 Å². The largest absolute Gasteiger partial charge is 0.340 e. The van der Waals surface area contributed by atoms with Crippen molar-refractivity contribution < 1.29 is 4.79 Å². The third-order valence-corrected chi connectivity index (χ3v) is 5.83. The van der Waals surface area contributed by atoms with Crippen LogP contribution < -0.4 is 5.32 Å². The molecule has 1 heterocycles. The molecule has 0 saturated carbocycles. The van der Waals surface area contributed by atoms with Gasteiger partial charge in [-0.3, -0.25) is 4.79 Å². The van der Waals surface area contributed by atoms with Gasteiger partial charge in [0.1, 0.15) is 0 Å². The average Bonchev–Trinajstić information content (AvgIpc) is 2.96. The summed E-state index contributed by atoms with van der Waals surface area (Å²) >= 11 is 12.2. The van der Waals surface area contributed by atoms with E-state index in [-0.39, 0.29) is 5.91 Å². The van der Waals surface area contributed by atoms with Crippen LogP contribution >= 0.6 is 23.2 Å². The average molecular weight is 423 g/mol. The van der Waals surface area contributed by atoms with E-state index in [0.29, 0.717) is 21.3 Å². The van der Waals surface area contributed by atoms with Gasteiger partial charge in [-0.1, -0.05) is 53.5 Å². The molecule has 4 rings (SSSR count). The van der Waals surface area contributed by atoms with Crippen molar-refractivity contribution >= 4 is 45.7 Å². The van der Waals surface area contributed by atoms with Gasteiger partial charge in [0, 0.05) is 33.7 Å². The van der Waals surface area contributed by atoms with Crippen molar-refractivity contribution in [1.82, 2.24) is 4.57 Å². The van der Waals surface area contributed by atoms with Crippen molar-refractivity contribution in [1.29, 1.82) is 0 Å². The number of fused-ring (bicyclic) bond motifs is 1. The smallest absolute Gasteiger partial charge is 0.255 e. The molecule has 0 unspecified atom stereocenters. The van der Waals surface area contributed by atoms with Crippen molar-refractivity contribution in [2.45, 2.75) is 20.4 Å². The fourth-order valence-corrected chi connectivity index (χ4v) is 3.89. The highest BCUT2D eigenvalue weighted by molar-refractivity contribution is 6.35. The zero-order valence-corrected chi connectivity index (χ0v) is 17.7. The SMILES string of the molecule is Cc1c(C)n(Cc2ccccc2)c2ccc(C(=O)Nc3cc(Cl)ccc3Cl)cc12. The van der Waals surface area contributed by atoms with Gasteiger partial charge in [0.05, 0.1) is 10.7 Å². The minimum Gasteiger partial charge on any atom is -0.340 e. The van der Waals surface area contributed by atoms with Crippen LogP contribution in [0.15, 0.2) is 66.7 Å². The number of benzene rings is 3. The topological polar surface area (TPSA) is 34.0 Å². The molecular weight excluding hydrogens is 403 g/mol. The molecule has 3 nitrogen and oxygen atoms in total. The lowest BCUT2D eigenvalue weighted by atomic mass is 10.1. The summed E-state index contributed by atoms with van der Waals surface area (Å²) in [4.78, 5) is 12.8. The Kier molecular flexibility index (Phi) is 5.35. The second-order valence-corrected chi connectivity index (χ2v) is 7.94. The molecule has 5 heteroatoms. The number of nitrogens with zero attached hydrogens (tertiary/aromatic N) is 1. The normalized spacial score (nSPS) is 11.0. The van der Waals surface area contributed by atoms with Gasteiger partial charge >= 0.3 is 0 Å². The molecule has 0 spiro atoms. The van der Waals surface area contributed by atoms with E-state index in [9.17, 15) is 4.79 Å². The van der Waals surface area contributed by atoms with Gasteiger partial charge in [0.25, 0.3) is 5.91 Å². The molecule has 0 aliphatic rings. The molecule has 146 valence electrons. The number of carbonyl (C=O) groups excluding carboxylic acids is 1. The van der Waals surface area contributed by atoms with Crippen LogP contribution in [0.1, 0.15) is 27.2 Å². The lowest BCUT2D eigenvalue weighted by Crippen LogP contribution is -2.12. The van der Waals surface area contributed by atoms with Gasteiger partial charge in [-0.25, -0.2) is 0 Å². The molecule has 1 amide bonds. The van der Waals surface area contributed by atoms with E-state index in [4.69, 9.17) is 23.2 Å². The summed E-state index contributed by atoms with van der Waals surface area (Å²) < 4.78 is 2.29. The lowest BCUT2D eigenvalue weighted by molar-refractivity contribution is 0.102. The highest BCUT2D eigenvalue weighted by atomic mass is 35.5. The lowest BCUT2D eigenvalue weighted by Gasteiger charge is -2.10. The number of amides is 1. The van der Waals surface area contributed by atoms with Gasteiger partial charge in [-0.2, -0.15) is 0 Å². The number of carbonyl (C=O) groups is 1. The Hall–Kier alpha value is -2.75. The molecular formula is C24H20Cl2N2O. The Morgan fingerprint density at radius 3 is 2.48 bits per heavy atom. The van der Waals surface area contributed by atoms with Crippen molar-refractivity contribution in [3.8, 4) is 0 Å². The highest BCUT2D eigenvalue weighted by Crippen LogP contribution is 2.29. The number of hydrogen-bond donors (Lipinski definition) is 1. The predicted octanol–water partition coefficient (Wildman–Crippen LogP) is 6.87. The van der Waals surface area contributed by atoms with Crippen LogP contribution in [0.2, 0.25) is 10.0 Å². The summed E-state index contributed by atoms with van der Waals surface area (Å²) in [5.41, 5.74) is 5.80. The van der Waals surface area contributed by atoms with Crippen LogP contribution in [0.3, 0.4) is 0 Å². The summed E-state index contributed by atoms with van der Waals surface area (Å²) in [6.45, 7) is 5.00. The van der Waals surface area contributed by atoms with Gasteiger partial charge in [-0.15, -0.1) is 0 Å². The van der Waals surface area contributed by atoms with Crippen LogP contribution in [0.5, 0.6) is 0 Å². The van der Waals surface area contributed by atoms with E-state index in [1.807, 2.05) is 36.4 Å². The minimum absolute atomic E-state index is 0.219. The van der Waals surface area contributed by atoms with Crippen molar-refractivity contribution in [2.24, 2.45) is 0 Å². The summed E-state index contributed by atoms with van der Waals surface area (Å²) in [6.07, 6.45) is 0. The number of anilines is 1. The first-order valence-electron chi connectivity index (χ1n) is 9.34. The van der Waals surface area contributed by atoms with E-state index >= 15 is 0 Å². The van der Waals surface area contributed by atoms with E-state index in [1.165, 1.54) is 16.8 Å². The van der Waals surface area contributed by atoms with E-state index in [2.05, 4.69) is 35.9 Å². The Balaban J connectivity index is 1.68. The summed E-state index contributed by atoms with van der Waals surface area (Å²) in [6, 6.07) is 21.1. The van der Waals surface area contributed by atoms with E-state index in [0.717, 1.165) is 17.4 Å². The second kappa shape index (κ2) is 7.94. The number of halogens is 2. The maximum absolute atomic E-state index is 12.8. The van der Waals surface area contributed by atoms with Gasteiger partial charge in [0.15, 0.2) is 0 Å². The molecule has 1 aromatic heterocycles. The Morgan fingerprint density at radius 1 is 0.966 bits per heavy atom. The third-order valence-electron chi connectivity index (χ3n) is 5.26. The first kappa shape index (κ1) is 19.6. The Morgan fingerprint density at radius 2 is 1.72 bits per heavy atom. The van der Waals surface area contributed by atoms with Gasteiger partial charge in [-0.05, 0) is 61.4 Å². The number of nitrogens with one attached hydrogen (secondary N) is 1. The molecule has 29 heavy (non-hydrogen) atoms. The summed E-state index contributed by atoms with van der Waals surface area (Å²) in [5.74, 6) is -0.219. The van der Waals surface area contributed by atoms with Gasteiger partial charge < -0.3 is 9.88 Å². The first-order chi connectivity index (χ1) is 13.9. The maximum Gasteiger partial charge on any atom is 0.255 e. The summed E-state index contributed by atoms with van der Waals surface area (Å²) in [5, 5.41) is 4.89. The van der Waals surface area contributed by atoms with E-state index in [1.54, 1.807) is 18.2 Å². The quantitative estimate of drug-likeness (QED) is 0.382. The molecule has 0 aliphatic carbocycles. The molecule has 1 N–H and O–H groups in total. The standard InChI is InChI=1S/C24H20Cl2N2O/c1-15-16(2)28(14-17-6-4-3-5-7-17)23-11-8-18(12-20(15)23)24(29)27-22-13-19(25)9-10-21(22)26/h3-13H,14H2,1-2H3,(H,27,29). The fourth-order valence-electron chi connectivity index (χ4n) is 3.55. The number of aromatic nitrogens is 1. The zero-order chi connectivity index (χ0) is 20.5. The number of rotatable bonds is 4. The van der Waals surface area contributed by atoms with Crippen LogP contribution in [-0.2, 0) is 6.54 Å². The zero-order valence-electron chi connectivity index (χ0n) is 16.2. The van der Waals surface area contributed by atoms with Crippen LogP contribution in [0.4, 0.5) is 5.69 Å². The molecule has 0 atom stereocenters. The molecule has 0 fully saturated rings. The monoisotopic (exact) mass is 422 g/mol. The fraction of sp³-hybridized carbons (Fsp3) is 0.125. The molecule has 0 bridgehead atoms. The van der Waals surface area contributed by atoms with Crippen molar-refractivity contribution in [3.63, 3.8) is 0 Å². The molecule has 0 aliphatic heterocycles. The number of aryl methyl sites for hydroxylation is 1. The van der Waals surface area contributed by atoms with Crippen LogP contribution in [0, 0.1) is 13.8 Å². The highest BCUT2D eigenvalue weighted by Gasteiger charge is 2.15. The van der Waals surface area contributed by atoms with Crippen molar-refractivity contribution in [2.75, 3.05) is 5.32 Å². The molecule has 0 radical (unpaired) electrons. The third kappa shape index (κ3) is 3.89. The van der Waals surface area contributed by atoms with Crippen LogP contribution in [-0.4, -0.2) is 10.5 Å². The summed E-state index contributed by atoms with van der Waals surface area (Å²) in [7, 11) is 0. The molecule has 3 aromatic carbocycles. The van der Waals surface area contributed by atoms with Crippen LogP contribution in [0.25, 0.3) is 10.9 Å². The van der Waals surface area contributed by atoms with E-state index < -0.39 is 0 Å². The molecule has 0 saturated heterocycles. The predicted molar refractivity (Wildman–Crippen MR) is 121 cm³/mol. The first-order valence-corrected chi connectivity index (χ1v) is 10.1. The minimum atomic E-state index is -0.219. The Labute approximate surface area is 179 Å². The second-order valence-electron chi connectivity index (χ2n) is 7.09. The Bertz CT molecular complexity index is 1210. The molecule has 4 aromatic rings. The number of hydrogen-bond acceptors (Lipinski definition) is 1. The van der Waals surface area contributed by atoms with Gasteiger partial charge in [0.2, 0.25) is 0 Å².